The summed E-state index contributed by atoms with van der Waals surface area (Å²) in [6, 6.07) is 27.6. The van der Waals surface area contributed by atoms with Crippen molar-refractivity contribution in [2.75, 3.05) is 11.9 Å². The van der Waals surface area contributed by atoms with Crippen molar-refractivity contribution in [1.82, 2.24) is 9.78 Å². The molecule has 28 heavy (non-hydrogen) atoms. The zero-order valence-corrected chi connectivity index (χ0v) is 15.3. The van der Waals surface area contributed by atoms with Gasteiger partial charge in [0.25, 0.3) is 0 Å². The van der Waals surface area contributed by atoms with Crippen molar-refractivity contribution < 1.29 is 9.84 Å². The molecule has 1 unspecified atom stereocenters. The first kappa shape index (κ1) is 17.8. The van der Waals surface area contributed by atoms with Gasteiger partial charge < -0.3 is 15.2 Å². The lowest BCUT2D eigenvalue weighted by atomic mass is 10.1. The fourth-order valence-corrected chi connectivity index (χ4v) is 2.92. The number of ether oxygens (including phenoxy) is 1. The summed E-state index contributed by atoms with van der Waals surface area (Å²) < 4.78 is 7.44. The number of hydrogen-bond donors (Lipinski definition) is 2. The van der Waals surface area contributed by atoms with Gasteiger partial charge in [-0.25, -0.2) is 4.68 Å². The van der Waals surface area contributed by atoms with E-state index in [0.717, 1.165) is 22.5 Å². The van der Waals surface area contributed by atoms with Gasteiger partial charge in [-0.2, -0.15) is 5.10 Å². The summed E-state index contributed by atoms with van der Waals surface area (Å²) in [7, 11) is 0. The number of benzene rings is 3. The Morgan fingerprint density at radius 2 is 1.57 bits per heavy atom. The number of nitrogens with one attached hydrogen (secondary N) is 1. The van der Waals surface area contributed by atoms with Gasteiger partial charge in [-0.15, -0.1) is 0 Å². The second-order valence-electron chi connectivity index (χ2n) is 6.36. The fourth-order valence-electron chi connectivity index (χ4n) is 2.92. The molecule has 1 heterocycles. The van der Waals surface area contributed by atoms with E-state index in [2.05, 4.69) is 22.5 Å². The molecule has 3 aromatic carbocycles. The van der Waals surface area contributed by atoms with Crippen molar-refractivity contribution in [3.05, 3.63) is 97.3 Å². The highest BCUT2D eigenvalue weighted by atomic mass is 16.5. The van der Waals surface area contributed by atoms with Gasteiger partial charge in [-0.05, 0) is 53.6 Å². The summed E-state index contributed by atoms with van der Waals surface area (Å²) in [6.45, 7) is 0.140. The Balaban J connectivity index is 1.30. The Hall–Kier alpha value is -3.57. The number of aliphatic hydroxyl groups excluding tert-OH is 1. The fraction of sp³-hybridized carbons (Fsp3) is 0.0870. The van der Waals surface area contributed by atoms with E-state index in [0.29, 0.717) is 5.75 Å². The average Bonchev–Trinajstić information content (AvgIpc) is 3.29. The predicted molar refractivity (Wildman–Crippen MR) is 111 cm³/mol. The van der Waals surface area contributed by atoms with E-state index >= 15 is 0 Å². The Bertz CT molecular complexity index is 982. The number of rotatable bonds is 7. The number of nitrogens with zero attached hydrogens (tertiary/aromatic N) is 2. The lowest BCUT2D eigenvalue weighted by molar-refractivity contribution is 0.129. The number of aromatic nitrogens is 2. The third-order valence-corrected chi connectivity index (χ3v) is 4.34. The van der Waals surface area contributed by atoms with Crippen molar-refractivity contribution >= 4 is 5.69 Å². The third-order valence-electron chi connectivity index (χ3n) is 4.34. The Morgan fingerprint density at radius 3 is 2.25 bits per heavy atom. The van der Waals surface area contributed by atoms with Crippen molar-refractivity contribution in [3.8, 4) is 22.6 Å². The molecule has 0 radical (unpaired) electrons. The molecule has 0 bridgehead atoms. The lowest BCUT2D eigenvalue weighted by Gasteiger charge is -2.16. The van der Waals surface area contributed by atoms with Gasteiger partial charge in [0.15, 0.2) is 6.23 Å². The molecule has 0 aliphatic heterocycles. The van der Waals surface area contributed by atoms with Gasteiger partial charge in [0.1, 0.15) is 12.4 Å². The summed E-state index contributed by atoms with van der Waals surface area (Å²) in [4.78, 5) is 0. The minimum absolute atomic E-state index is 0.140. The van der Waals surface area contributed by atoms with Crippen molar-refractivity contribution in [3.63, 3.8) is 0 Å². The first-order chi connectivity index (χ1) is 13.8. The van der Waals surface area contributed by atoms with Crippen molar-refractivity contribution in [2.24, 2.45) is 0 Å². The molecule has 0 aliphatic carbocycles. The van der Waals surface area contributed by atoms with Crippen LogP contribution in [0.15, 0.2) is 97.3 Å². The van der Waals surface area contributed by atoms with Crippen LogP contribution >= 0.6 is 0 Å². The minimum Gasteiger partial charge on any atom is -0.489 e. The molecule has 0 amide bonds. The maximum Gasteiger partial charge on any atom is 0.159 e. The van der Waals surface area contributed by atoms with Gasteiger partial charge in [0, 0.05) is 18.1 Å². The molecule has 140 valence electrons. The first-order valence-electron chi connectivity index (χ1n) is 9.11. The van der Waals surface area contributed by atoms with E-state index < -0.39 is 6.23 Å². The topological polar surface area (TPSA) is 59.3 Å². The Labute approximate surface area is 163 Å². The lowest BCUT2D eigenvalue weighted by Crippen LogP contribution is -2.26. The van der Waals surface area contributed by atoms with E-state index in [4.69, 9.17) is 4.74 Å². The molecular formula is C23H21N3O2. The molecule has 1 aromatic heterocycles. The zero-order valence-electron chi connectivity index (χ0n) is 15.3. The largest absolute Gasteiger partial charge is 0.489 e. The normalized spacial score (nSPS) is 11.8. The first-order valence-corrected chi connectivity index (χ1v) is 9.11. The number of anilines is 1. The minimum atomic E-state index is -0.812. The third kappa shape index (κ3) is 4.39. The molecule has 5 nitrogen and oxygen atoms in total. The molecule has 0 spiro atoms. The van der Waals surface area contributed by atoms with E-state index in [1.54, 1.807) is 10.9 Å². The maximum atomic E-state index is 10.2. The molecule has 4 aromatic rings. The highest BCUT2D eigenvalue weighted by Crippen LogP contribution is 2.21. The van der Waals surface area contributed by atoms with Crippen LogP contribution in [0.25, 0.3) is 16.8 Å². The maximum absolute atomic E-state index is 10.2. The number of hydrogen-bond acceptors (Lipinski definition) is 4. The van der Waals surface area contributed by atoms with Gasteiger partial charge in [0.2, 0.25) is 0 Å². The second kappa shape index (κ2) is 8.41. The molecule has 1 atom stereocenters. The van der Waals surface area contributed by atoms with Crippen LogP contribution in [0.5, 0.6) is 5.75 Å². The number of aliphatic hydroxyl groups is 1. The van der Waals surface area contributed by atoms with Crippen LogP contribution in [-0.2, 0) is 0 Å². The highest BCUT2D eigenvalue weighted by molar-refractivity contribution is 5.65. The molecule has 0 fully saturated rings. The van der Waals surface area contributed by atoms with E-state index in [1.165, 1.54) is 0 Å². The standard InChI is InChI=1S/C23H21N3O2/c27-23(17-28-22-13-11-21(12-14-22)26-16-4-15-24-26)25-20-9-7-19(8-10-20)18-5-2-1-3-6-18/h1-16,23,25,27H,17H2. The van der Waals surface area contributed by atoms with Gasteiger partial charge in [-0.3, -0.25) is 0 Å². The molecule has 0 aliphatic rings. The van der Waals surface area contributed by atoms with Crippen LogP contribution in [0.4, 0.5) is 5.69 Å². The van der Waals surface area contributed by atoms with E-state index in [9.17, 15) is 5.11 Å². The van der Waals surface area contributed by atoms with Crippen LogP contribution in [0.3, 0.4) is 0 Å². The SMILES string of the molecule is OC(COc1ccc(-n2cccn2)cc1)Nc1ccc(-c2ccccc2)cc1. The molecule has 4 rings (SSSR count). The molecule has 0 saturated heterocycles. The van der Waals surface area contributed by atoms with Crippen LogP contribution in [-0.4, -0.2) is 27.7 Å². The summed E-state index contributed by atoms with van der Waals surface area (Å²) >= 11 is 0. The average molecular weight is 371 g/mol. The molecular weight excluding hydrogens is 350 g/mol. The van der Waals surface area contributed by atoms with Crippen molar-refractivity contribution in [1.29, 1.82) is 0 Å². The molecule has 5 heteroatoms. The van der Waals surface area contributed by atoms with E-state index in [1.807, 2.05) is 79.0 Å². The quantitative estimate of drug-likeness (QED) is 0.474. The van der Waals surface area contributed by atoms with Crippen molar-refractivity contribution in [2.45, 2.75) is 6.23 Å². The van der Waals surface area contributed by atoms with Crippen LogP contribution < -0.4 is 10.1 Å². The second-order valence-corrected chi connectivity index (χ2v) is 6.36. The van der Waals surface area contributed by atoms with Crippen LogP contribution in [0.2, 0.25) is 0 Å². The smallest absolute Gasteiger partial charge is 0.159 e. The van der Waals surface area contributed by atoms with Gasteiger partial charge >= 0.3 is 0 Å². The molecule has 0 saturated carbocycles. The van der Waals surface area contributed by atoms with Crippen LogP contribution in [0, 0.1) is 0 Å². The summed E-state index contributed by atoms with van der Waals surface area (Å²) in [5, 5.41) is 17.4. The van der Waals surface area contributed by atoms with Crippen LogP contribution in [0.1, 0.15) is 0 Å². The Morgan fingerprint density at radius 1 is 0.857 bits per heavy atom. The summed E-state index contributed by atoms with van der Waals surface area (Å²) in [5.41, 5.74) is 4.09. The van der Waals surface area contributed by atoms with Gasteiger partial charge in [0.05, 0.1) is 5.69 Å². The molecule has 2 N–H and O–H groups in total. The zero-order chi connectivity index (χ0) is 19.2. The van der Waals surface area contributed by atoms with E-state index in [-0.39, 0.29) is 6.61 Å². The summed E-state index contributed by atoms with van der Waals surface area (Å²) in [5.74, 6) is 0.691. The predicted octanol–water partition coefficient (Wildman–Crippen LogP) is 4.35. The summed E-state index contributed by atoms with van der Waals surface area (Å²) in [6.07, 6.45) is 2.80. The Kier molecular flexibility index (Phi) is 5.36. The monoisotopic (exact) mass is 371 g/mol. The highest BCUT2D eigenvalue weighted by Gasteiger charge is 2.06. The van der Waals surface area contributed by atoms with Gasteiger partial charge in [-0.1, -0.05) is 42.5 Å².